The monoisotopic (exact) mass is 727 g/mol. The maximum Gasteiger partial charge on any atom is 0.400 e. The SMILES string of the molecule is CC1(C(F)(F)F)c2ccccc2-c2c[c-]c(-c3cc4ccccc4cn3)cc21.[Ir].[c-]1ccsc1-c1ccccn1. The zero-order chi connectivity index (χ0) is 27.0. The molecular weight excluding hydrogens is 706 g/mol. The van der Waals surface area contributed by atoms with Crippen molar-refractivity contribution in [3.05, 3.63) is 132 Å². The first-order valence-corrected chi connectivity index (χ1v) is 13.2. The fraction of sp³-hybridized carbons (Fsp3) is 0.0909. The third-order valence-electron chi connectivity index (χ3n) is 7.09. The van der Waals surface area contributed by atoms with Crippen molar-refractivity contribution in [2.75, 3.05) is 0 Å². The number of aromatic nitrogens is 2. The maximum absolute atomic E-state index is 14.2. The number of hydrogen-bond acceptors (Lipinski definition) is 3. The van der Waals surface area contributed by atoms with E-state index in [9.17, 15) is 13.2 Å². The molecule has 1 aliphatic rings. The standard InChI is InChI=1S/C24H15F3N.C9H6NS.Ir/c1-23(24(25,26)27)20-9-5-4-8-18(20)19-11-10-16(12-21(19)23)22-13-15-6-2-3-7-17(15)14-28-22;1-2-6-10-8(4-1)9-5-3-7-11-9;/h2-9,11-14H,1H3;1-4,6-7H;/q2*-1;. The summed E-state index contributed by atoms with van der Waals surface area (Å²) in [5.74, 6) is 0. The van der Waals surface area contributed by atoms with Gasteiger partial charge in [-0.3, -0.25) is 0 Å². The summed E-state index contributed by atoms with van der Waals surface area (Å²) in [6.45, 7) is 1.26. The minimum Gasteiger partial charge on any atom is -0.319 e. The summed E-state index contributed by atoms with van der Waals surface area (Å²) in [6.07, 6.45) is -0.879. The van der Waals surface area contributed by atoms with Crippen molar-refractivity contribution >= 4 is 22.1 Å². The normalized spacial score (nSPS) is 15.4. The number of benzene rings is 3. The van der Waals surface area contributed by atoms with E-state index in [2.05, 4.69) is 22.1 Å². The smallest absolute Gasteiger partial charge is 0.319 e. The van der Waals surface area contributed by atoms with Crippen molar-refractivity contribution in [2.24, 2.45) is 0 Å². The fourth-order valence-electron chi connectivity index (χ4n) is 4.99. The molecule has 0 N–H and O–H groups in total. The fourth-order valence-corrected chi connectivity index (χ4v) is 5.64. The Morgan fingerprint density at radius 2 is 1.52 bits per heavy atom. The molecule has 0 bridgehead atoms. The third-order valence-corrected chi connectivity index (χ3v) is 7.92. The molecule has 0 saturated heterocycles. The second kappa shape index (κ2) is 11.1. The Bertz CT molecular complexity index is 1770. The van der Waals surface area contributed by atoms with E-state index in [0.29, 0.717) is 22.4 Å². The molecule has 0 amide bonds. The number of alkyl halides is 3. The first kappa shape index (κ1) is 27.9. The second-order valence-electron chi connectivity index (χ2n) is 9.37. The molecule has 0 aliphatic heterocycles. The van der Waals surface area contributed by atoms with Crippen LogP contribution in [0.5, 0.6) is 0 Å². The zero-order valence-corrected chi connectivity index (χ0v) is 24.4. The van der Waals surface area contributed by atoms with Crippen molar-refractivity contribution < 1.29 is 33.3 Å². The summed E-state index contributed by atoms with van der Waals surface area (Å²) in [5.41, 5.74) is 1.86. The number of thiophene rings is 1. The van der Waals surface area contributed by atoms with Gasteiger partial charge < -0.3 is 9.97 Å². The summed E-state index contributed by atoms with van der Waals surface area (Å²) < 4.78 is 42.7. The molecule has 0 saturated carbocycles. The van der Waals surface area contributed by atoms with Crippen LogP contribution in [-0.4, -0.2) is 16.1 Å². The Morgan fingerprint density at radius 1 is 0.775 bits per heavy atom. The summed E-state index contributed by atoms with van der Waals surface area (Å²) >= 11 is 1.66. The Kier molecular flexibility index (Phi) is 7.74. The molecule has 1 radical (unpaired) electrons. The number of hydrogen-bond donors (Lipinski definition) is 0. The quantitative estimate of drug-likeness (QED) is 0.167. The van der Waals surface area contributed by atoms with Crippen LogP contribution in [0.3, 0.4) is 0 Å². The minimum absolute atomic E-state index is 0. The van der Waals surface area contributed by atoms with Crippen LogP contribution in [0.4, 0.5) is 13.2 Å². The van der Waals surface area contributed by atoms with Gasteiger partial charge in [-0.2, -0.15) is 25.3 Å². The van der Waals surface area contributed by atoms with E-state index < -0.39 is 11.6 Å². The van der Waals surface area contributed by atoms with Crippen LogP contribution in [0, 0.1) is 12.1 Å². The van der Waals surface area contributed by atoms with Gasteiger partial charge in [0.05, 0.1) is 5.41 Å². The molecule has 3 aromatic heterocycles. The van der Waals surface area contributed by atoms with Crippen LogP contribution in [0.2, 0.25) is 0 Å². The molecule has 201 valence electrons. The number of halogens is 3. The van der Waals surface area contributed by atoms with Crippen molar-refractivity contribution in [1.82, 2.24) is 9.97 Å². The maximum atomic E-state index is 14.2. The van der Waals surface area contributed by atoms with Crippen LogP contribution < -0.4 is 0 Å². The Labute approximate surface area is 247 Å². The van der Waals surface area contributed by atoms with Crippen LogP contribution in [0.25, 0.3) is 43.7 Å². The van der Waals surface area contributed by atoms with E-state index in [4.69, 9.17) is 0 Å². The largest absolute Gasteiger partial charge is 0.400 e. The van der Waals surface area contributed by atoms with Crippen molar-refractivity contribution in [1.29, 1.82) is 0 Å². The van der Waals surface area contributed by atoms with Gasteiger partial charge in [-0.05, 0) is 40.7 Å². The van der Waals surface area contributed by atoms with E-state index in [1.54, 1.807) is 60.1 Å². The molecule has 3 heterocycles. The summed E-state index contributed by atoms with van der Waals surface area (Å²) in [7, 11) is 0. The molecule has 0 fully saturated rings. The summed E-state index contributed by atoms with van der Waals surface area (Å²) in [6, 6.07) is 33.7. The molecule has 7 rings (SSSR count). The Balaban J connectivity index is 0.000000226. The molecule has 40 heavy (non-hydrogen) atoms. The average molecular weight is 727 g/mol. The van der Waals surface area contributed by atoms with Crippen molar-refractivity contribution in [3.63, 3.8) is 0 Å². The van der Waals surface area contributed by atoms with Gasteiger partial charge in [-0.15, -0.1) is 34.7 Å². The predicted octanol–water partition coefficient (Wildman–Crippen LogP) is 9.16. The van der Waals surface area contributed by atoms with Gasteiger partial charge in [0.2, 0.25) is 0 Å². The van der Waals surface area contributed by atoms with Gasteiger partial charge in [0.15, 0.2) is 0 Å². The topological polar surface area (TPSA) is 25.8 Å². The van der Waals surface area contributed by atoms with Crippen molar-refractivity contribution in [2.45, 2.75) is 18.5 Å². The van der Waals surface area contributed by atoms with E-state index in [1.807, 2.05) is 60.0 Å². The minimum atomic E-state index is -4.41. The van der Waals surface area contributed by atoms with Gasteiger partial charge in [0.25, 0.3) is 0 Å². The van der Waals surface area contributed by atoms with Gasteiger partial charge in [0, 0.05) is 32.5 Å². The zero-order valence-electron chi connectivity index (χ0n) is 21.2. The number of nitrogens with zero attached hydrogens (tertiary/aromatic N) is 2. The number of pyridine rings is 2. The van der Waals surface area contributed by atoms with E-state index in [-0.39, 0.29) is 31.2 Å². The Morgan fingerprint density at radius 3 is 2.25 bits per heavy atom. The van der Waals surface area contributed by atoms with Gasteiger partial charge in [-0.25, -0.2) is 11.3 Å². The van der Waals surface area contributed by atoms with Crippen LogP contribution in [0.15, 0.2) is 109 Å². The number of fused-ring (bicyclic) bond motifs is 4. The molecule has 1 atom stereocenters. The van der Waals surface area contributed by atoms with Gasteiger partial charge in [0.1, 0.15) is 0 Å². The predicted molar refractivity (Wildman–Crippen MR) is 150 cm³/mol. The summed E-state index contributed by atoms with van der Waals surface area (Å²) in [5, 5.41) is 3.98. The molecule has 1 unspecified atom stereocenters. The van der Waals surface area contributed by atoms with E-state index in [0.717, 1.165) is 21.3 Å². The molecular formula is C33H21F3IrN2S-2. The molecule has 6 aromatic rings. The molecule has 1 aliphatic carbocycles. The molecule has 3 aromatic carbocycles. The van der Waals surface area contributed by atoms with Crippen LogP contribution >= 0.6 is 11.3 Å². The third kappa shape index (κ3) is 4.90. The van der Waals surface area contributed by atoms with E-state index in [1.165, 1.54) is 6.92 Å². The number of rotatable bonds is 2. The average Bonchev–Trinajstić information content (AvgIpc) is 3.60. The van der Waals surface area contributed by atoms with E-state index >= 15 is 0 Å². The van der Waals surface area contributed by atoms with Crippen LogP contribution in [-0.2, 0) is 25.5 Å². The van der Waals surface area contributed by atoms with Crippen LogP contribution in [0.1, 0.15) is 18.1 Å². The first-order valence-electron chi connectivity index (χ1n) is 12.3. The van der Waals surface area contributed by atoms with Gasteiger partial charge in [-0.1, -0.05) is 82.7 Å². The second-order valence-corrected chi connectivity index (χ2v) is 10.3. The van der Waals surface area contributed by atoms with Gasteiger partial charge >= 0.3 is 6.18 Å². The molecule has 7 heteroatoms. The van der Waals surface area contributed by atoms with Crippen molar-refractivity contribution in [3.8, 4) is 33.0 Å². The summed E-state index contributed by atoms with van der Waals surface area (Å²) in [4.78, 5) is 9.75. The molecule has 2 nitrogen and oxygen atoms in total. The Hall–Kier alpha value is -3.64. The first-order chi connectivity index (χ1) is 18.9. The molecule has 0 spiro atoms.